The number of hydrogen-bond donors (Lipinski definition) is 1. The highest BCUT2D eigenvalue weighted by molar-refractivity contribution is 7.80. The van der Waals surface area contributed by atoms with E-state index in [0.717, 1.165) is 0 Å². The topological polar surface area (TPSA) is 3.24 Å². The summed E-state index contributed by atoms with van der Waals surface area (Å²) in [5.41, 5.74) is 4.18. The summed E-state index contributed by atoms with van der Waals surface area (Å²) in [6.45, 7) is 8.87. The summed E-state index contributed by atoms with van der Waals surface area (Å²) in [6.07, 6.45) is 0. The molecule has 0 aliphatic carbocycles. The van der Waals surface area contributed by atoms with Crippen molar-refractivity contribution in [2.45, 2.75) is 38.5 Å². The van der Waals surface area contributed by atoms with Crippen molar-refractivity contribution < 1.29 is 0 Å². The third-order valence-electron chi connectivity index (χ3n) is 2.91. The van der Waals surface area contributed by atoms with E-state index >= 15 is 0 Å². The van der Waals surface area contributed by atoms with Crippen LogP contribution in [-0.4, -0.2) is 19.0 Å². The van der Waals surface area contributed by atoms with Crippen molar-refractivity contribution in [3.05, 3.63) is 34.9 Å². The highest BCUT2D eigenvalue weighted by Gasteiger charge is 2.17. The molecule has 1 aromatic rings. The Morgan fingerprint density at radius 2 is 1.75 bits per heavy atom. The Balaban J connectivity index is 3.19. The van der Waals surface area contributed by atoms with Crippen LogP contribution in [0.3, 0.4) is 0 Å². The average molecular weight is 237 g/mol. The van der Waals surface area contributed by atoms with Gasteiger partial charge in [-0.15, -0.1) is 0 Å². The molecule has 0 spiro atoms. The van der Waals surface area contributed by atoms with E-state index in [-0.39, 0.29) is 10.8 Å². The second-order valence-corrected chi connectivity index (χ2v) is 6.15. The monoisotopic (exact) mass is 237 g/mol. The van der Waals surface area contributed by atoms with Crippen molar-refractivity contribution in [2.24, 2.45) is 0 Å². The van der Waals surface area contributed by atoms with Crippen molar-refractivity contribution in [2.75, 3.05) is 14.1 Å². The first-order chi connectivity index (χ1) is 7.23. The quantitative estimate of drug-likeness (QED) is 0.605. The first kappa shape index (κ1) is 13.6. The molecule has 90 valence electrons. The van der Waals surface area contributed by atoms with Crippen molar-refractivity contribution in [1.29, 1.82) is 0 Å². The molecule has 0 heterocycles. The third kappa shape index (κ3) is 3.02. The second kappa shape index (κ2) is 4.80. The minimum Gasteiger partial charge on any atom is -0.294 e. The Bertz CT molecular complexity index is 363. The first-order valence-electron chi connectivity index (χ1n) is 5.69. The van der Waals surface area contributed by atoms with Gasteiger partial charge < -0.3 is 0 Å². The summed E-state index contributed by atoms with van der Waals surface area (Å²) in [5.74, 6) is 0. The highest BCUT2D eigenvalue weighted by atomic mass is 32.1. The SMILES string of the molecule is Cc1ccc(C(C)(C)C)cc1C(S)N(C)C. The summed E-state index contributed by atoms with van der Waals surface area (Å²) in [6, 6.07) is 6.70. The molecule has 16 heavy (non-hydrogen) atoms. The van der Waals surface area contributed by atoms with Gasteiger partial charge in [0.05, 0.1) is 5.37 Å². The first-order valence-corrected chi connectivity index (χ1v) is 6.20. The molecule has 0 fully saturated rings. The van der Waals surface area contributed by atoms with Gasteiger partial charge in [0.15, 0.2) is 0 Å². The van der Waals surface area contributed by atoms with E-state index < -0.39 is 0 Å². The normalized spacial score (nSPS) is 14.2. The van der Waals surface area contributed by atoms with E-state index in [1.807, 2.05) is 0 Å². The van der Waals surface area contributed by atoms with E-state index in [0.29, 0.717) is 0 Å². The maximum absolute atomic E-state index is 4.65. The van der Waals surface area contributed by atoms with Crippen molar-refractivity contribution in [1.82, 2.24) is 4.90 Å². The lowest BCUT2D eigenvalue weighted by Crippen LogP contribution is -2.18. The van der Waals surface area contributed by atoms with E-state index in [2.05, 4.69) is 77.5 Å². The van der Waals surface area contributed by atoms with Gasteiger partial charge in [-0.05, 0) is 43.1 Å². The van der Waals surface area contributed by atoms with Gasteiger partial charge in [0, 0.05) is 0 Å². The van der Waals surface area contributed by atoms with E-state index in [1.54, 1.807) is 0 Å². The number of aryl methyl sites for hydroxylation is 1. The summed E-state index contributed by atoms with van der Waals surface area (Å²) in [4.78, 5) is 2.12. The summed E-state index contributed by atoms with van der Waals surface area (Å²) < 4.78 is 0. The number of nitrogens with zero attached hydrogens (tertiary/aromatic N) is 1. The van der Waals surface area contributed by atoms with Crippen LogP contribution in [0.2, 0.25) is 0 Å². The van der Waals surface area contributed by atoms with Crippen LogP contribution in [0.1, 0.15) is 42.8 Å². The summed E-state index contributed by atoms with van der Waals surface area (Å²) >= 11 is 4.65. The Hall–Kier alpha value is -0.470. The predicted octanol–water partition coefficient (Wildman–Crippen LogP) is 3.78. The van der Waals surface area contributed by atoms with Gasteiger partial charge in [0.25, 0.3) is 0 Å². The van der Waals surface area contributed by atoms with E-state index in [4.69, 9.17) is 0 Å². The minimum atomic E-state index is 0.169. The van der Waals surface area contributed by atoms with E-state index in [1.165, 1.54) is 16.7 Å². The fraction of sp³-hybridized carbons (Fsp3) is 0.571. The van der Waals surface area contributed by atoms with Gasteiger partial charge in [-0.2, -0.15) is 12.6 Å². The van der Waals surface area contributed by atoms with Gasteiger partial charge in [-0.3, -0.25) is 4.90 Å². The molecule has 1 aromatic carbocycles. The zero-order valence-corrected chi connectivity index (χ0v) is 12.1. The van der Waals surface area contributed by atoms with E-state index in [9.17, 15) is 0 Å². The second-order valence-electron chi connectivity index (χ2n) is 5.66. The van der Waals surface area contributed by atoms with Crippen molar-refractivity contribution in [3.8, 4) is 0 Å². The predicted molar refractivity (Wildman–Crippen MR) is 75.3 cm³/mol. The zero-order valence-electron chi connectivity index (χ0n) is 11.2. The Morgan fingerprint density at radius 3 is 2.19 bits per heavy atom. The van der Waals surface area contributed by atoms with Crippen molar-refractivity contribution >= 4 is 12.6 Å². The molecule has 1 rings (SSSR count). The Morgan fingerprint density at radius 1 is 1.19 bits per heavy atom. The number of benzene rings is 1. The Labute approximate surface area is 105 Å². The van der Waals surface area contributed by atoms with Gasteiger partial charge in [-0.1, -0.05) is 39.0 Å². The third-order valence-corrected chi connectivity index (χ3v) is 3.65. The molecule has 0 aliphatic heterocycles. The van der Waals surface area contributed by atoms with Gasteiger partial charge in [0.1, 0.15) is 0 Å². The molecule has 1 unspecified atom stereocenters. The zero-order chi connectivity index (χ0) is 12.5. The number of thiol groups is 1. The molecule has 1 atom stereocenters. The molecular weight excluding hydrogens is 214 g/mol. The fourth-order valence-electron chi connectivity index (χ4n) is 1.66. The largest absolute Gasteiger partial charge is 0.294 e. The van der Waals surface area contributed by atoms with Crippen LogP contribution in [0.4, 0.5) is 0 Å². The molecule has 0 N–H and O–H groups in total. The Kier molecular flexibility index (Phi) is 4.08. The maximum atomic E-state index is 4.65. The van der Waals surface area contributed by atoms with Crippen LogP contribution in [-0.2, 0) is 5.41 Å². The molecule has 0 aliphatic rings. The molecule has 0 saturated heterocycles. The van der Waals surface area contributed by atoms with Crippen LogP contribution < -0.4 is 0 Å². The molecule has 0 bridgehead atoms. The summed E-state index contributed by atoms with van der Waals surface area (Å²) in [7, 11) is 4.11. The van der Waals surface area contributed by atoms with Crippen LogP contribution in [0.25, 0.3) is 0 Å². The molecule has 0 saturated carbocycles. The fourth-order valence-corrected chi connectivity index (χ4v) is 1.94. The summed E-state index contributed by atoms with van der Waals surface area (Å²) in [5, 5.41) is 0.169. The van der Waals surface area contributed by atoms with Crippen LogP contribution in [0, 0.1) is 6.92 Å². The maximum Gasteiger partial charge on any atom is 0.0782 e. The standard InChI is InChI=1S/C14H23NS/c1-10-7-8-11(14(2,3)4)9-12(10)13(16)15(5)6/h7-9,13,16H,1-6H3. The average Bonchev–Trinajstić information content (AvgIpc) is 2.15. The van der Waals surface area contributed by atoms with Gasteiger partial charge >= 0.3 is 0 Å². The molecule has 0 aromatic heterocycles. The minimum absolute atomic E-state index is 0.169. The van der Waals surface area contributed by atoms with Gasteiger partial charge in [-0.25, -0.2) is 0 Å². The van der Waals surface area contributed by atoms with Crippen LogP contribution in [0.15, 0.2) is 18.2 Å². The lowest BCUT2D eigenvalue weighted by molar-refractivity contribution is 0.392. The van der Waals surface area contributed by atoms with Crippen LogP contribution >= 0.6 is 12.6 Å². The molecule has 0 amide bonds. The van der Waals surface area contributed by atoms with Crippen molar-refractivity contribution in [3.63, 3.8) is 0 Å². The molecule has 0 radical (unpaired) electrons. The van der Waals surface area contributed by atoms with Gasteiger partial charge in [0.2, 0.25) is 0 Å². The van der Waals surface area contributed by atoms with Crippen LogP contribution in [0.5, 0.6) is 0 Å². The number of hydrogen-bond acceptors (Lipinski definition) is 2. The molecule has 1 nitrogen and oxygen atoms in total. The lowest BCUT2D eigenvalue weighted by Gasteiger charge is -2.25. The lowest BCUT2D eigenvalue weighted by atomic mass is 9.85. The smallest absolute Gasteiger partial charge is 0.0782 e. The molecule has 2 heteroatoms. The molecular formula is C14H23NS. The highest BCUT2D eigenvalue weighted by Crippen LogP contribution is 2.30. The number of rotatable bonds is 2.